The third kappa shape index (κ3) is 3.02. The van der Waals surface area contributed by atoms with Gasteiger partial charge in [0.05, 0.1) is 11.8 Å². The van der Waals surface area contributed by atoms with Gasteiger partial charge in [0, 0.05) is 41.4 Å². The summed E-state index contributed by atoms with van der Waals surface area (Å²) in [4.78, 5) is 20.9. The van der Waals surface area contributed by atoms with Gasteiger partial charge < -0.3 is 10.1 Å². The molecule has 2 saturated carbocycles. The molecule has 0 radical (unpaired) electrons. The van der Waals surface area contributed by atoms with Crippen molar-refractivity contribution in [1.82, 2.24) is 15.3 Å². The van der Waals surface area contributed by atoms with E-state index < -0.39 is 0 Å². The van der Waals surface area contributed by atoms with Crippen LogP contribution in [0.15, 0.2) is 29.9 Å². The molecule has 2 aliphatic rings. The van der Waals surface area contributed by atoms with Gasteiger partial charge in [0.15, 0.2) is 5.13 Å². The minimum atomic E-state index is -0.182. The monoisotopic (exact) mass is 358 g/mol. The summed E-state index contributed by atoms with van der Waals surface area (Å²) in [6.07, 6.45) is 8.21. The maximum absolute atomic E-state index is 12.3. The highest BCUT2D eigenvalue weighted by atomic mass is 32.1. The fourth-order valence-electron chi connectivity index (χ4n) is 3.91. The molecule has 132 valence electrons. The second-order valence-electron chi connectivity index (χ2n) is 6.70. The molecule has 0 saturated heterocycles. The quantitative estimate of drug-likeness (QED) is 0.855. The Bertz CT molecular complexity index is 745. The highest BCUT2D eigenvalue weighted by Gasteiger charge is 2.59. The van der Waals surface area contributed by atoms with E-state index in [9.17, 15) is 4.79 Å². The summed E-state index contributed by atoms with van der Waals surface area (Å²) in [5.74, 6) is 0. The van der Waals surface area contributed by atoms with Crippen molar-refractivity contribution in [1.29, 1.82) is 0 Å². The van der Waals surface area contributed by atoms with Crippen molar-refractivity contribution in [2.45, 2.75) is 44.8 Å². The zero-order valence-corrected chi connectivity index (χ0v) is 15.0. The van der Waals surface area contributed by atoms with Crippen LogP contribution in [0.2, 0.25) is 0 Å². The van der Waals surface area contributed by atoms with Crippen LogP contribution in [0.1, 0.15) is 32.6 Å². The van der Waals surface area contributed by atoms with Gasteiger partial charge in [-0.1, -0.05) is 6.42 Å². The molecule has 7 heteroatoms. The van der Waals surface area contributed by atoms with Crippen LogP contribution in [0.5, 0.6) is 0 Å². The van der Waals surface area contributed by atoms with Gasteiger partial charge in [-0.2, -0.15) is 0 Å². The topological polar surface area (TPSA) is 76.1 Å². The van der Waals surface area contributed by atoms with Crippen LogP contribution < -0.4 is 10.6 Å². The number of aromatic nitrogens is 2. The molecule has 2 aromatic heterocycles. The lowest BCUT2D eigenvalue weighted by molar-refractivity contribution is -0.169. The molecule has 2 aliphatic carbocycles. The summed E-state index contributed by atoms with van der Waals surface area (Å²) in [6, 6.07) is 3.85. The van der Waals surface area contributed by atoms with E-state index >= 15 is 0 Å². The first kappa shape index (κ1) is 16.5. The van der Waals surface area contributed by atoms with Gasteiger partial charge in [0.25, 0.3) is 0 Å². The first-order valence-corrected chi connectivity index (χ1v) is 9.64. The number of amides is 2. The normalized spacial score (nSPS) is 23.6. The number of hydrogen-bond acceptors (Lipinski definition) is 5. The van der Waals surface area contributed by atoms with Crippen molar-refractivity contribution < 1.29 is 9.53 Å². The van der Waals surface area contributed by atoms with E-state index in [-0.39, 0.29) is 17.5 Å². The van der Waals surface area contributed by atoms with Crippen molar-refractivity contribution >= 4 is 22.5 Å². The molecule has 0 aliphatic heterocycles. The standard InChI is InChI=1S/C18H22N4O2S/c1-2-24-15-9-14(18(15)6-4-7-18)21-16(23)22-17-20-13(11-25-17)12-5-3-8-19-10-12/h3,5,8,10-11,14-15H,2,4,6-7,9H2,1H3,(H2,20,21,22,23)/t14-,15+/m0/s1. The van der Waals surface area contributed by atoms with Crippen LogP contribution in [0.4, 0.5) is 9.93 Å². The second-order valence-corrected chi connectivity index (χ2v) is 7.56. The Labute approximate surface area is 151 Å². The largest absolute Gasteiger partial charge is 0.378 e. The number of urea groups is 1. The fraction of sp³-hybridized carbons (Fsp3) is 0.500. The van der Waals surface area contributed by atoms with Crippen LogP contribution in [0, 0.1) is 5.41 Å². The van der Waals surface area contributed by atoms with Crippen LogP contribution in [-0.2, 0) is 4.74 Å². The SMILES string of the molecule is CCO[C@@H]1C[C@H](NC(=O)Nc2nc(-c3cccnc3)cs2)C12CCC2. The summed E-state index contributed by atoms with van der Waals surface area (Å²) in [5, 5.41) is 8.50. The molecule has 2 atom stereocenters. The zero-order chi connectivity index (χ0) is 17.3. The number of anilines is 1. The first-order chi connectivity index (χ1) is 12.2. The van der Waals surface area contributed by atoms with Gasteiger partial charge in [-0.3, -0.25) is 10.3 Å². The smallest absolute Gasteiger partial charge is 0.321 e. The van der Waals surface area contributed by atoms with E-state index in [0.29, 0.717) is 11.2 Å². The minimum Gasteiger partial charge on any atom is -0.378 e. The Morgan fingerprint density at radius 1 is 1.48 bits per heavy atom. The van der Waals surface area contributed by atoms with Crippen molar-refractivity contribution in [3.63, 3.8) is 0 Å². The number of carbonyl (C=O) groups is 1. The summed E-state index contributed by atoms with van der Waals surface area (Å²) in [5.41, 5.74) is 1.93. The summed E-state index contributed by atoms with van der Waals surface area (Å²) in [7, 11) is 0. The minimum absolute atomic E-state index is 0.164. The second kappa shape index (κ2) is 6.72. The van der Waals surface area contributed by atoms with Crippen molar-refractivity contribution in [3.8, 4) is 11.3 Å². The number of pyridine rings is 1. The molecule has 2 aromatic rings. The van der Waals surface area contributed by atoms with Crippen molar-refractivity contribution in [2.75, 3.05) is 11.9 Å². The third-order valence-electron chi connectivity index (χ3n) is 5.42. The maximum Gasteiger partial charge on any atom is 0.321 e. The number of ether oxygens (including phenoxy) is 1. The highest BCUT2D eigenvalue weighted by molar-refractivity contribution is 7.14. The van der Waals surface area contributed by atoms with Crippen LogP contribution in [-0.4, -0.2) is 34.8 Å². The molecule has 25 heavy (non-hydrogen) atoms. The van der Waals surface area contributed by atoms with Crippen LogP contribution >= 0.6 is 11.3 Å². The van der Waals surface area contributed by atoms with Crippen LogP contribution in [0.3, 0.4) is 0 Å². The number of nitrogens with one attached hydrogen (secondary N) is 2. The van der Waals surface area contributed by atoms with E-state index in [1.807, 2.05) is 24.4 Å². The number of carbonyl (C=O) groups excluding carboxylic acids is 1. The molecular formula is C18H22N4O2S. The number of thiazole rings is 1. The summed E-state index contributed by atoms with van der Waals surface area (Å²) in [6.45, 7) is 2.77. The van der Waals surface area contributed by atoms with Gasteiger partial charge in [-0.15, -0.1) is 11.3 Å². The number of nitrogens with zero attached hydrogens (tertiary/aromatic N) is 2. The maximum atomic E-state index is 12.3. The lowest BCUT2D eigenvalue weighted by Crippen LogP contribution is -2.68. The number of rotatable bonds is 5. The molecule has 0 bridgehead atoms. The van der Waals surface area contributed by atoms with Crippen molar-refractivity contribution in [3.05, 3.63) is 29.9 Å². The molecule has 2 N–H and O–H groups in total. The predicted molar refractivity (Wildman–Crippen MR) is 97.6 cm³/mol. The number of hydrogen-bond donors (Lipinski definition) is 2. The van der Waals surface area contributed by atoms with E-state index in [1.54, 1.807) is 12.4 Å². The average molecular weight is 358 g/mol. The lowest BCUT2D eigenvalue weighted by atomic mass is 9.51. The fourth-order valence-corrected chi connectivity index (χ4v) is 4.62. The Kier molecular flexibility index (Phi) is 4.43. The van der Waals surface area contributed by atoms with Crippen LogP contribution in [0.25, 0.3) is 11.3 Å². The summed E-state index contributed by atoms with van der Waals surface area (Å²) >= 11 is 1.42. The predicted octanol–water partition coefficient (Wildman–Crippen LogP) is 3.67. The Balaban J connectivity index is 1.35. The van der Waals surface area contributed by atoms with Gasteiger partial charge in [-0.05, 0) is 38.3 Å². The van der Waals surface area contributed by atoms with Gasteiger partial charge in [0.1, 0.15) is 0 Å². The zero-order valence-electron chi connectivity index (χ0n) is 14.2. The molecule has 6 nitrogen and oxygen atoms in total. The molecule has 0 aromatic carbocycles. The van der Waals surface area contributed by atoms with Crippen molar-refractivity contribution in [2.24, 2.45) is 5.41 Å². The third-order valence-corrected chi connectivity index (χ3v) is 6.18. The molecular weight excluding hydrogens is 336 g/mol. The lowest BCUT2D eigenvalue weighted by Gasteiger charge is -2.60. The Morgan fingerprint density at radius 2 is 2.36 bits per heavy atom. The Hall–Kier alpha value is -1.99. The summed E-state index contributed by atoms with van der Waals surface area (Å²) < 4.78 is 5.83. The van der Waals surface area contributed by atoms with Gasteiger partial charge >= 0.3 is 6.03 Å². The average Bonchev–Trinajstić information content (AvgIpc) is 3.01. The van der Waals surface area contributed by atoms with E-state index in [1.165, 1.54) is 17.8 Å². The van der Waals surface area contributed by atoms with E-state index in [0.717, 1.165) is 37.1 Å². The molecule has 2 heterocycles. The van der Waals surface area contributed by atoms with Gasteiger partial charge in [-0.25, -0.2) is 9.78 Å². The van der Waals surface area contributed by atoms with Gasteiger partial charge in [0.2, 0.25) is 0 Å². The Morgan fingerprint density at radius 3 is 3.04 bits per heavy atom. The first-order valence-electron chi connectivity index (χ1n) is 8.76. The van der Waals surface area contributed by atoms with E-state index in [2.05, 4.69) is 20.6 Å². The van der Waals surface area contributed by atoms with E-state index in [4.69, 9.17) is 4.74 Å². The highest BCUT2D eigenvalue weighted by Crippen LogP contribution is 2.57. The molecule has 2 amide bonds. The molecule has 2 fully saturated rings. The molecule has 4 rings (SSSR count). The molecule has 1 spiro atoms. The molecule has 0 unspecified atom stereocenters.